The van der Waals surface area contributed by atoms with Crippen LogP contribution in [0.3, 0.4) is 0 Å². The molecule has 1 fully saturated rings. The summed E-state index contributed by atoms with van der Waals surface area (Å²) >= 11 is 0. The van der Waals surface area contributed by atoms with Crippen LogP contribution in [0.5, 0.6) is 5.75 Å². The Morgan fingerprint density at radius 1 is 1.21 bits per heavy atom. The van der Waals surface area contributed by atoms with Crippen molar-refractivity contribution in [3.05, 3.63) is 70.7 Å². The molecule has 0 radical (unpaired) electrons. The predicted molar refractivity (Wildman–Crippen MR) is 130 cm³/mol. The molecule has 1 aliphatic rings. The number of rotatable bonds is 5. The number of aromatic nitrogens is 5. The van der Waals surface area contributed by atoms with Crippen LogP contribution in [0.2, 0.25) is 0 Å². The molecule has 0 amide bonds. The van der Waals surface area contributed by atoms with Gasteiger partial charge in [0.15, 0.2) is 5.65 Å². The standard InChI is InChI=1S/C23H23N5O3.C2HF3O2/c1-30-18-10-16(12-24-13-18)19-5-3-2-4-15(19)11-21-26-22-20(23(29)27-21)14-25-28(22)17-6-8-31-9-7-17;3-2(4,5)1(6)7/h2-5,10,12-14,17H,6-9,11H2,1H3,(H,26,27,29);(H,6,7). The maximum atomic E-state index is 12.7. The van der Waals surface area contributed by atoms with Gasteiger partial charge in [-0.05, 0) is 30.0 Å². The monoisotopic (exact) mass is 531 g/mol. The molecular formula is C25H24F3N5O5. The maximum absolute atomic E-state index is 12.7. The number of fused-ring (bicyclic) bond motifs is 1. The lowest BCUT2D eigenvalue weighted by Gasteiger charge is -2.22. The molecular weight excluding hydrogens is 507 g/mol. The molecule has 1 aromatic carbocycles. The molecule has 200 valence electrons. The number of aromatic amines is 1. The minimum absolute atomic E-state index is 0.168. The first-order valence-corrected chi connectivity index (χ1v) is 11.6. The van der Waals surface area contributed by atoms with E-state index in [1.165, 1.54) is 0 Å². The highest BCUT2D eigenvalue weighted by atomic mass is 19.4. The zero-order chi connectivity index (χ0) is 27.3. The van der Waals surface area contributed by atoms with Crippen LogP contribution in [0.25, 0.3) is 22.2 Å². The molecule has 1 aliphatic heterocycles. The van der Waals surface area contributed by atoms with Crippen LogP contribution in [0, 0.1) is 0 Å². The van der Waals surface area contributed by atoms with Crippen LogP contribution in [-0.4, -0.2) is 62.3 Å². The fourth-order valence-electron chi connectivity index (χ4n) is 4.08. The highest BCUT2D eigenvalue weighted by molar-refractivity contribution is 5.74. The van der Waals surface area contributed by atoms with Gasteiger partial charge in [-0.3, -0.25) is 9.78 Å². The highest BCUT2D eigenvalue weighted by Crippen LogP contribution is 2.28. The number of carbonyl (C=O) groups is 1. The number of carboxylic acid groups (broad SMARTS) is 1. The van der Waals surface area contributed by atoms with Crippen molar-refractivity contribution in [2.24, 2.45) is 0 Å². The summed E-state index contributed by atoms with van der Waals surface area (Å²) in [6.45, 7) is 1.40. The number of ether oxygens (including phenoxy) is 2. The minimum Gasteiger partial charge on any atom is -0.495 e. The SMILES string of the molecule is COc1cncc(-c2ccccc2Cc2nc3c(cnn3C3CCOCC3)c(=O)[nH]2)c1.O=C(O)C(F)(F)F. The zero-order valence-corrected chi connectivity index (χ0v) is 20.2. The molecule has 0 saturated carbocycles. The van der Waals surface area contributed by atoms with E-state index in [4.69, 9.17) is 24.4 Å². The smallest absolute Gasteiger partial charge is 0.490 e. The first-order chi connectivity index (χ1) is 18.2. The molecule has 0 spiro atoms. The lowest BCUT2D eigenvalue weighted by Crippen LogP contribution is -2.21. The number of alkyl halides is 3. The molecule has 1 saturated heterocycles. The van der Waals surface area contributed by atoms with E-state index in [-0.39, 0.29) is 11.6 Å². The van der Waals surface area contributed by atoms with Crippen molar-refractivity contribution in [1.29, 1.82) is 0 Å². The summed E-state index contributed by atoms with van der Waals surface area (Å²) in [4.78, 5) is 33.6. The second-order valence-electron chi connectivity index (χ2n) is 8.43. The van der Waals surface area contributed by atoms with Crippen LogP contribution >= 0.6 is 0 Å². The summed E-state index contributed by atoms with van der Waals surface area (Å²) in [5.74, 6) is -1.46. The van der Waals surface area contributed by atoms with E-state index in [2.05, 4.69) is 15.1 Å². The summed E-state index contributed by atoms with van der Waals surface area (Å²) in [6.07, 6.45) is 2.23. The van der Waals surface area contributed by atoms with Gasteiger partial charge in [-0.1, -0.05) is 24.3 Å². The third-order valence-electron chi connectivity index (χ3n) is 5.93. The van der Waals surface area contributed by atoms with E-state index in [0.29, 0.717) is 42.2 Å². The Kier molecular flexibility index (Phi) is 8.05. The number of nitrogens with zero attached hydrogens (tertiary/aromatic N) is 4. The maximum Gasteiger partial charge on any atom is 0.490 e. The van der Waals surface area contributed by atoms with Crippen molar-refractivity contribution in [3.63, 3.8) is 0 Å². The topological polar surface area (TPSA) is 132 Å². The van der Waals surface area contributed by atoms with Crippen LogP contribution in [0.1, 0.15) is 30.3 Å². The largest absolute Gasteiger partial charge is 0.495 e. The molecule has 0 unspecified atom stereocenters. The summed E-state index contributed by atoms with van der Waals surface area (Å²) in [5, 5.41) is 12.1. The van der Waals surface area contributed by atoms with Crippen LogP contribution < -0.4 is 10.3 Å². The first-order valence-electron chi connectivity index (χ1n) is 11.6. The Hall–Kier alpha value is -4.26. The van der Waals surface area contributed by atoms with Gasteiger partial charge in [0, 0.05) is 31.4 Å². The number of hydrogen-bond acceptors (Lipinski definition) is 7. The van der Waals surface area contributed by atoms with Gasteiger partial charge in [0.25, 0.3) is 5.56 Å². The predicted octanol–water partition coefficient (Wildman–Crippen LogP) is 3.77. The van der Waals surface area contributed by atoms with Crippen LogP contribution in [0.4, 0.5) is 13.2 Å². The van der Waals surface area contributed by atoms with Crippen molar-refractivity contribution >= 4 is 17.0 Å². The number of pyridine rings is 1. The third kappa shape index (κ3) is 6.17. The molecule has 4 heterocycles. The lowest BCUT2D eigenvalue weighted by atomic mass is 9.98. The summed E-state index contributed by atoms with van der Waals surface area (Å²) in [7, 11) is 1.62. The van der Waals surface area contributed by atoms with Gasteiger partial charge in [-0.2, -0.15) is 18.3 Å². The van der Waals surface area contributed by atoms with E-state index in [9.17, 15) is 18.0 Å². The second-order valence-corrected chi connectivity index (χ2v) is 8.43. The first kappa shape index (κ1) is 26.8. The highest BCUT2D eigenvalue weighted by Gasteiger charge is 2.38. The van der Waals surface area contributed by atoms with Gasteiger partial charge in [-0.15, -0.1) is 0 Å². The van der Waals surface area contributed by atoms with Gasteiger partial charge in [0.05, 0.1) is 25.5 Å². The Balaban J connectivity index is 0.000000426. The van der Waals surface area contributed by atoms with Crippen LogP contribution in [-0.2, 0) is 16.0 Å². The molecule has 38 heavy (non-hydrogen) atoms. The summed E-state index contributed by atoms with van der Waals surface area (Å²) in [5.41, 5.74) is 3.47. The summed E-state index contributed by atoms with van der Waals surface area (Å²) < 4.78 is 44.4. The number of hydrogen-bond donors (Lipinski definition) is 2. The Morgan fingerprint density at radius 2 is 1.92 bits per heavy atom. The fourth-order valence-corrected chi connectivity index (χ4v) is 4.08. The Bertz CT molecular complexity index is 1480. The van der Waals surface area contributed by atoms with E-state index in [1.807, 2.05) is 35.0 Å². The minimum atomic E-state index is -5.08. The van der Waals surface area contributed by atoms with Crippen molar-refractivity contribution in [2.75, 3.05) is 20.3 Å². The van der Waals surface area contributed by atoms with E-state index in [0.717, 1.165) is 29.5 Å². The molecule has 0 bridgehead atoms. The molecule has 3 aromatic heterocycles. The normalized spacial score (nSPS) is 14.1. The molecule has 0 atom stereocenters. The van der Waals surface area contributed by atoms with Gasteiger partial charge in [-0.25, -0.2) is 14.5 Å². The quantitative estimate of drug-likeness (QED) is 0.398. The second kappa shape index (κ2) is 11.4. The van der Waals surface area contributed by atoms with E-state index < -0.39 is 12.1 Å². The van der Waals surface area contributed by atoms with Gasteiger partial charge >= 0.3 is 12.1 Å². The number of nitrogens with one attached hydrogen (secondary N) is 1. The molecule has 0 aliphatic carbocycles. The zero-order valence-electron chi connectivity index (χ0n) is 20.2. The molecule has 5 rings (SSSR count). The average molecular weight is 531 g/mol. The van der Waals surface area contributed by atoms with Crippen molar-refractivity contribution in [3.8, 4) is 16.9 Å². The number of H-pyrrole nitrogens is 1. The van der Waals surface area contributed by atoms with Crippen molar-refractivity contribution in [1.82, 2.24) is 24.7 Å². The number of halogens is 3. The molecule has 10 nitrogen and oxygen atoms in total. The average Bonchev–Trinajstić information content (AvgIpc) is 3.34. The number of aliphatic carboxylic acids is 1. The molecule has 4 aromatic rings. The Morgan fingerprint density at radius 3 is 2.61 bits per heavy atom. The van der Waals surface area contributed by atoms with Crippen molar-refractivity contribution in [2.45, 2.75) is 31.5 Å². The molecule has 13 heteroatoms. The fraction of sp³-hybridized carbons (Fsp3) is 0.320. The van der Waals surface area contributed by atoms with Gasteiger partial charge < -0.3 is 19.6 Å². The van der Waals surface area contributed by atoms with E-state index in [1.54, 1.807) is 25.7 Å². The Labute approximate surface area is 214 Å². The number of benzene rings is 1. The van der Waals surface area contributed by atoms with Crippen molar-refractivity contribution < 1.29 is 32.5 Å². The van der Waals surface area contributed by atoms with Gasteiger partial charge in [0.2, 0.25) is 0 Å². The van der Waals surface area contributed by atoms with Gasteiger partial charge in [0.1, 0.15) is 17.0 Å². The van der Waals surface area contributed by atoms with E-state index >= 15 is 0 Å². The lowest BCUT2D eigenvalue weighted by molar-refractivity contribution is -0.192. The third-order valence-corrected chi connectivity index (χ3v) is 5.93. The van der Waals surface area contributed by atoms with Crippen LogP contribution in [0.15, 0.2) is 53.7 Å². The number of carboxylic acids is 1. The number of methoxy groups -OCH3 is 1. The molecule has 2 N–H and O–H groups in total. The summed E-state index contributed by atoms with van der Waals surface area (Å²) in [6, 6.07) is 10.2.